The molecule has 0 aromatic rings. The fourth-order valence-electron chi connectivity index (χ4n) is 3.95. The zero-order valence-corrected chi connectivity index (χ0v) is 16.5. The van der Waals surface area contributed by atoms with Crippen LogP contribution in [-0.2, 0) is 18.9 Å². The van der Waals surface area contributed by atoms with Crippen LogP contribution in [-0.4, -0.2) is 152 Å². The van der Waals surface area contributed by atoms with E-state index in [0.717, 1.165) is 0 Å². The first-order chi connectivity index (χ1) is 14.7. The molecule has 31 heavy (non-hydrogen) atoms. The average Bonchev–Trinajstić information content (AvgIpc) is 3.12. The fraction of sp³-hybridized carbons (Fsp3) is 1.00. The highest BCUT2D eigenvalue weighted by Crippen LogP contribution is 2.30. The monoisotopic (exact) mass is 457 g/mol. The lowest BCUT2D eigenvalue weighted by Gasteiger charge is -2.46. The van der Waals surface area contributed by atoms with Gasteiger partial charge in [-0.2, -0.15) is 0 Å². The summed E-state index contributed by atoms with van der Waals surface area (Å²) in [5, 5.41) is 92.0. The fourth-order valence-corrected chi connectivity index (χ4v) is 3.95. The van der Waals surface area contributed by atoms with Crippen molar-refractivity contribution in [3.63, 3.8) is 0 Å². The van der Waals surface area contributed by atoms with Gasteiger partial charge in [0.15, 0.2) is 12.6 Å². The van der Waals surface area contributed by atoms with Crippen molar-refractivity contribution < 1.29 is 64.9 Å². The molecule has 3 aliphatic heterocycles. The van der Waals surface area contributed by atoms with E-state index in [-0.39, 0.29) is 13.2 Å². The van der Waals surface area contributed by atoms with Gasteiger partial charge in [-0.15, -0.1) is 0 Å². The highest BCUT2D eigenvalue weighted by Gasteiger charge is 2.52. The Morgan fingerprint density at radius 2 is 1.19 bits per heavy atom. The lowest BCUT2D eigenvalue weighted by Crippen LogP contribution is -2.65. The highest BCUT2D eigenvalue weighted by molar-refractivity contribution is 4.96. The van der Waals surface area contributed by atoms with Crippen LogP contribution in [0.4, 0.5) is 0 Å². The third kappa shape index (κ3) is 5.02. The van der Waals surface area contributed by atoms with Crippen molar-refractivity contribution in [3.8, 4) is 0 Å². The topological polar surface area (TPSA) is 231 Å². The Morgan fingerprint density at radius 1 is 0.645 bits per heavy atom. The molecule has 13 atom stereocenters. The number of rotatable bonds is 7. The van der Waals surface area contributed by atoms with Crippen LogP contribution in [0.15, 0.2) is 0 Å². The molecule has 14 nitrogen and oxygen atoms in total. The Bertz CT molecular complexity index is 568. The summed E-state index contributed by atoms with van der Waals surface area (Å²) in [5.41, 5.74) is 0. The van der Waals surface area contributed by atoms with Gasteiger partial charge in [-0.3, -0.25) is 0 Å². The van der Waals surface area contributed by atoms with Crippen LogP contribution in [0.3, 0.4) is 0 Å². The molecule has 3 fully saturated rings. The van der Waals surface area contributed by atoms with Gasteiger partial charge < -0.3 is 70.2 Å². The molecule has 0 aromatic carbocycles. The molecule has 0 amide bonds. The molecule has 0 radical (unpaired) electrons. The Hall–Kier alpha value is -0.560. The Kier molecular flexibility index (Phi) is 8.56. The molecule has 182 valence electrons. The third-order valence-electron chi connectivity index (χ3n) is 5.81. The number of hydrogen-bond acceptors (Lipinski definition) is 14. The molecule has 3 aliphatic rings. The summed E-state index contributed by atoms with van der Waals surface area (Å²) in [5.74, 6) is 0. The summed E-state index contributed by atoms with van der Waals surface area (Å²) in [6, 6.07) is -0.640. The predicted molar refractivity (Wildman–Crippen MR) is 96.2 cm³/mol. The van der Waals surface area contributed by atoms with E-state index in [4.69, 9.17) is 18.9 Å². The largest absolute Gasteiger partial charge is 0.395 e. The van der Waals surface area contributed by atoms with E-state index in [9.17, 15) is 46.0 Å². The lowest BCUT2D eigenvalue weighted by atomic mass is 9.97. The zero-order valence-electron chi connectivity index (χ0n) is 16.5. The van der Waals surface area contributed by atoms with E-state index >= 15 is 0 Å². The van der Waals surface area contributed by atoms with Crippen molar-refractivity contribution in [1.82, 2.24) is 5.32 Å². The first kappa shape index (κ1) is 25.1. The summed E-state index contributed by atoms with van der Waals surface area (Å²) in [4.78, 5) is 0. The lowest BCUT2D eigenvalue weighted by molar-refractivity contribution is -0.364. The second kappa shape index (κ2) is 10.6. The van der Waals surface area contributed by atoms with E-state index in [1.807, 2.05) is 0 Å². The molecule has 0 aliphatic carbocycles. The van der Waals surface area contributed by atoms with Crippen molar-refractivity contribution in [2.75, 3.05) is 26.4 Å². The van der Waals surface area contributed by atoms with Gasteiger partial charge in [0.05, 0.1) is 32.0 Å². The van der Waals surface area contributed by atoms with Crippen LogP contribution in [0, 0.1) is 0 Å². The summed E-state index contributed by atoms with van der Waals surface area (Å²) in [7, 11) is 0. The maximum atomic E-state index is 10.6. The van der Waals surface area contributed by atoms with Gasteiger partial charge in [0.1, 0.15) is 54.9 Å². The molecular formula is C17H31NO13. The van der Waals surface area contributed by atoms with Crippen LogP contribution in [0.5, 0.6) is 0 Å². The maximum Gasteiger partial charge on any atom is 0.187 e. The smallest absolute Gasteiger partial charge is 0.187 e. The second-order valence-electron chi connectivity index (χ2n) is 7.87. The first-order valence-corrected chi connectivity index (χ1v) is 9.99. The van der Waals surface area contributed by atoms with Gasteiger partial charge in [0.25, 0.3) is 0 Å². The standard InChI is InChI=1S/C17H31NO13/c19-2-5-14(6(22)1-18-5)30-17-13(27)11(25)15(8(4-21)29-17)31-16-12(26)10(24)9(23)7(3-20)28-16/h5-27H,1-4H2/t5-,6-,7-,8-,9-,10+,11-,12-,13-,14-,15-,16+,17-/m1/s1. The summed E-state index contributed by atoms with van der Waals surface area (Å²) >= 11 is 0. The molecule has 0 spiro atoms. The van der Waals surface area contributed by atoms with Crippen molar-refractivity contribution in [2.45, 2.75) is 79.7 Å². The second-order valence-corrected chi connectivity index (χ2v) is 7.87. The van der Waals surface area contributed by atoms with E-state index in [1.54, 1.807) is 0 Å². The van der Waals surface area contributed by atoms with Crippen LogP contribution in [0.25, 0.3) is 0 Å². The van der Waals surface area contributed by atoms with Crippen LogP contribution < -0.4 is 5.32 Å². The molecule has 3 saturated heterocycles. The SMILES string of the molecule is OC[C@H]1NC[C@@H](O)[C@@H]1O[C@H]1O[C@H](CO)[C@@H](O[C@@H]2O[C@H](CO)[C@@H](O)[C@H](O)[C@H]2O)[C@H](O)[C@H]1O. The van der Waals surface area contributed by atoms with Gasteiger partial charge >= 0.3 is 0 Å². The zero-order chi connectivity index (χ0) is 22.9. The number of hydrogen-bond donors (Lipinski definition) is 10. The van der Waals surface area contributed by atoms with E-state index in [0.29, 0.717) is 0 Å². The highest BCUT2D eigenvalue weighted by atomic mass is 16.7. The number of aliphatic hydroxyl groups is 9. The number of aliphatic hydroxyl groups excluding tert-OH is 9. The molecule has 0 bridgehead atoms. The van der Waals surface area contributed by atoms with Crippen LogP contribution in [0.1, 0.15) is 0 Å². The Balaban J connectivity index is 1.69. The third-order valence-corrected chi connectivity index (χ3v) is 5.81. The van der Waals surface area contributed by atoms with Gasteiger partial charge in [-0.05, 0) is 0 Å². The summed E-state index contributed by atoms with van der Waals surface area (Å²) in [6.07, 6.45) is -17.6. The summed E-state index contributed by atoms with van der Waals surface area (Å²) in [6.45, 7) is -1.63. The van der Waals surface area contributed by atoms with Gasteiger partial charge in [-0.25, -0.2) is 0 Å². The van der Waals surface area contributed by atoms with E-state index in [2.05, 4.69) is 5.32 Å². The Morgan fingerprint density at radius 3 is 1.77 bits per heavy atom. The minimum absolute atomic E-state index is 0.132. The van der Waals surface area contributed by atoms with E-state index < -0.39 is 92.9 Å². The number of ether oxygens (including phenoxy) is 4. The maximum absolute atomic E-state index is 10.6. The molecule has 0 saturated carbocycles. The molecule has 0 unspecified atom stereocenters. The predicted octanol–water partition coefficient (Wildman–Crippen LogP) is -6.68. The molecule has 3 heterocycles. The number of β-amino-alcohol motifs (C(OH)–C–C–N with tert-alkyl or cyclic N) is 1. The van der Waals surface area contributed by atoms with Gasteiger partial charge in [0, 0.05) is 6.54 Å². The molecule has 14 heteroatoms. The van der Waals surface area contributed by atoms with Crippen LogP contribution >= 0.6 is 0 Å². The van der Waals surface area contributed by atoms with Crippen molar-refractivity contribution in [3.05, 3.63) is 0 Å². The summed E-state index contributed by atoms with van der Waals surface area (Å²) < 4.78 is 21.7. The normalized spacial score (nSPS) is 51.2. The average molecular weight is 457 g/mol. The minimum Gasteiger partial charge on any atom is -0.395 e. The quantitative estimate of drug-likeness (QED) is 0.171. The van der Waals surface area contributed by atoms with Crippen molar-refractivity contribution in [2.24, 2.45) is 0 Å². The molecular weight excluding hydrogens is 426 g/mol. The van der Waals surface area contributed by atoms with Crippen molar-refractivity contribution >= 4 is 0 Å². The minimum atomic E-state index is -1.76. The molecule has 3 rings (SSSR count). The van der Waals surface area contributed by atoms with Gasteiger partial charge in [0.2, 0.25) is 0 Å². The molecule has 10 N–H and O–H groups in total. The van der Waals surface area contributed by atoms with Gasteiger partial charge in [-0.1, -0.05) is 0 Å². The van der Waals surface area contributed by atoms with Crippen LogP contribution in [0.2, 0.25) is 0 Å². The molecule has 0 aromatic heterocycles. The van der Waals surface area contributed by atoms with Crippen molar-refractivity contribution in [1.29, 1.82) is 0 Å². The number of nitrogens with one attached hydrogen (secondary N) is 1. The Labute approximate surface area is 177 Å². The first-order valence-electron chi connectivity index (χ1n) is 9.99. The van der Waals surface area contributed by atoms with E-state index in [1.165, 1.54) is 0 Å².